The Hall–Kier alpha value is -2.77. The molecule has 0 aliphatic heterocycles. The number of H-pyrrole nitrogens is 1. The Morgan fingerprint density at radius 2 is 1.97 bits per heavy atom. The highest BCUT2D eigenvalue weighted by Crippen LogP contribution is 2.37. The van der Waals surface area contributed by atoms with E-state index in [0.29, 0.717) is 17.7 Å². The van der Waals surface area contributed by atoms with E-state index in [-0.39, 0.29) is 12.4 Å². The van der Waals surface area contributed by atoms with Gasteiger partial charge in [0.2, 0.25) is 0 Å². The van der Waals surface area contributed by atoms with Crippen LogP contribution in [0.15, 0.2) is 23.0 Å². The number of nitrogens with one attached hydrogen (secondary N) is 2. The minimum atomic E-state index is -1.42. The van der Waals surface area contributed by atoms with E-state index in [1.807, 2.05) is 13.1 Å². The third-order valence-electron chi connectivity index (χ3n) is 5.82. The smallest absolute Gasteiger partial charge is 0.345 e. The maximum Gasteiger partial charge on any atom is 0.345 e. The molecule has 4 N–H and O–H groups in total. The Labute approximate surface area is 180 Å². The number of benzene rings is 1. The van der Waals surface area contributed by atoms with Gasteiger partial charge in [-0.3, -0.25) is 4.79 Å². The van der Waals surface area contributed by atoms with Crippen LogP contribution in [0.2, 0.25) is 0 Å². The summed E-state index contributed by atoms with van der Waals surface area (Å²) in [6, 6.07) is 6.32. The van der Waals surface area contributed by atoms with Crippen molar-refractivity contribution in [3.8, 4) is 17.0 Å². The van der Waals surface area contributed by atoms with Crippen LogP contribution in [0.5, 0.6) is 5.75 Å². The summed E-state index contributed by atoms with van der Waals surface area (Å²) >= 11 is 0. The number of fused-ring (bicyclic) bond motifs is 4. The molecule has 0 atom stereocenters. The zero-order valence-corrected chi connectivity index (χ0v) is 17.9. The molecule has 7 nitrogen and oxygen atoms in total. The van der Waals surface area contributed by atoms with Crippen molar-refractivity contribution < 1.29 is 15.0 Å². The molecule has 30 heavy (non-hydrogen) atoms. The van der Waals surface area contributed by atoms with Crippen molar-refractivity contribution in [2.75, 3.05) is 6.54 Å². The van der Waals surface area contributed by atoms with Crippen LogP contribution >= 0.6 is 12.4 Å². The number of aromatic hydroxyl groups is 1. The van der Waals surface area contributed by atoms with Gasteiger partial charge in [-0.25, -0.2) is 4.79 Å². The van der Waals surface area contributed by atoms with Crippen molar-refractivity contribution in [2.45, 2.75) is 39.2 Å². The largest absolute Gasteiger partial charge is 0.506 e. The SMILES string of the molecule is CCNCc1cc2cc3c(cc2n1C)CCCCc1c-3[nH]c(=O)c(C(=O)O)c1O.Cl. The standard InChI is InChI=1S/C22H25N3O4.ClH/c1-3-23-11-14-8-13-9-16-12(10-17(13)25(14)2)6-4-5-7-15-19(16)24-21(27)18(20(15)26)22(28)29;/h8-10,23H,3-7,11H2,1-2H3,(H,28,29)(H2,24,26,27);1H. The minimum absolute atomic E-state index is 0. The van der Waals surface area contributed by atoms with Crippen molar-refractivity contribution in [3.63, 3.8) is 0 Å². The van der Waals surface area contributed by atoms with Gasteiger partial charge in [0.25, 0.3) is 5.56 Å². The fourth-order valence-electron chi connectivity index (χ4n) is 4.26. The van der Waals surface area contributed by atoms with Crippen molar-refractivity contribution in [3.05, 3.63) is 50.9 Å². The Balaban J connectivity index is 0.00000256. The third kappa shape index (κ3) is 3.59. The molecule has 2 aromatic heterocycles. The predicted molar refractivity (Wildman–Crippen MR) is 119 cm³/mol. The highest BCUT2D eigenvalue weighted by Gasteiger charge is 2.25. The molecule has 0 bridgehead atoms. The average Bonchev–Trinajstić information content (AvgIpc) is 2.97. The predicted octanol–water partition coefficient (Wildman–Crippen LogP) is 3.35. The summed E-state index contributed by atoms with van der Waals surface area (Å²) in [5.74, 6) is -1.83. The Bertz CT molecular complexity index is 1180. The van der Waals surface area contributed by atoms with Crippen molar-refractivity contribution >= 4 is 29.3 Å². The molecular weight excluding hydrogens is 406 g/mol. The zero-order chi connectivity index (χ0) is 20.7. The van der Waals surface area contributed by atoms with E-state index in [0.717, 1.165) is 60.1 Å². The first-order chi connectivity index (χ1) is 13.9. The minimum Gasteiger partial charge on any atom is -0.506 e. The summed E-state index contributed by atoms with van der Waals surface area (Å²) in [7, 11) is 2.05. The molecule has 0 saturated heterocycles. The first kappa shape index (κ1) is 21.9. The quantitative estimate of drug-likeness (QED) is 0.506. The number of rotatable bonds is 4. The third-order valence-corrected chi connectivity index (χ3v) is 5.82. The van der Waals surface area contributed by atoms with Gasteiger partial charge in [0.15, 0.2) is 5.56 Å². The van der Waals surface area contributed by atoms with Crippen molar-refractivity contribution in [1.29, 1.82) is 0 Å². The Kier molecular flexibility index (Phi) is 6.24. The fraction of sp³-hybridized carbons (Fsp3) is 0.364. The van der Waals surface area contributed by atoms with Crippen LogP contribution in [-0.4, -0.2) is 32.3 Å². The zero-order valence-electron chi connectivity index (χ0n) is 17.0. The molecule has 2 heterocycles. The van der Waals surface area contributed by atoms with Gasteiger partial charge in [0, 0.05) is 41.3 Å². The van der Waals surface area contributed by atoms with Gasteiger partial charge in [-0.05, 0) is 56.0 Å². The molecule has 1 aromatic carbocycles. The molecule has 0 unspecified atom stereocenters. The first-order valence-electron chi connectivity index (χ1n) is 9.96. The molecule has 1 aliphatic rings. The van der Waals surface area contributed by atoms with Gasteiger partial charge in [-0.1, -0.05) is 6.92 Å². The van der Waals surface area contributed by atoms with Gasteiger partial charge in [-0.2, -0.15) is 0 Å². The normalized spacial score (nSPS) is 13.1. The van der Waals surface area contributed by atoms with Crippen LogP contribution < -0.4 is 10.9 Å². The van der Waals surface area contributed by atoms with E-state index in [2.05, 4.69) is 33.9 Å². The van der Waals surface area contributed by atoms with Crippen LogP contribution in [0.4, 0.5) is 0 Å². The Morgan fingerprint density at radius 3 is 2.67 bits per heavy atom. The number of carboxylic acid groups (broad SMARTS) is 1. The number of hydrogen-bond donors (Lipinski definition) is 4. The summed E-state index contributed by atoms with van der Waals surface area (Å²) in [5, 5.41) is 24.3. The number of hydrogen-bond acceptors (Lipinski definition) is 4. The van der Waals surface area contributed by atoms with Gasteiger partial charge in [0.1, 0.15) is 5.75 Å². The molecule has 0 saturated carbocycles. The van der Waals surface area contributed by atoms with Gasteiger partial charge in [-0.15, -0.1) is 12.4 Å². The van der Waals surface area contributed by atoms with E-state index < -0.39 is 22.8 Å². The molecule has 0 radical (unpaired) electrons. The fourth-order valence-corrected chi connectivity index (χ4v) is 4.26. The summed E-state index contributed by atoms with van der Waals surface area (Å²) in [6.45, 7) is 3.72. The van der Waals surface area contributed by atoms with E-state index in [1.54, 1.807) is 0 Å². The average molecular weight is 432 g/mol. The number of nitrogens with zero attached hydrogens (tertiary/aromatic N) is 1. The molecule has 1 aliphatic carbocycles. The highest BCUT2D eigenvalue weighted by atomic mass is 35.5. The topological polar surface area (TPSA) is 107 Å². The van der Waals surface area contributed by atoms with Gasteiger partial charge < -0.3 is 25.1 Å². The van der Waals surface area contributed by atoms with E-state index in [4.69, 9.17) is 0 Å². The summed E-state index contributed by atoms with van der Waals surface area (Å²) in [4.78, 5) is 26.6. The molecule has 0 fully saturated rings. The first-order valence-corrected chi connectivity index (χ1v) is 9.96. The molecule has 0 amide bonds. The second-order valence-electron chi connectivity index (χ2n) is 7.59. The molecule has 160 valence electrons. The molecular formula is C22H26ClN3O4. The van der Waals surface area contributed by atoms with E-state index in [1.165, 1.54) is 0 Å². The lowest BCUT2D eigenvalue weighted by molar-refractivity contribution is 0.0691. The van der Waals surface area contributed by atoms with Crippen LogP contribution in [0, 0.1) is 0 Å². The number of halogens is 1. The van der Waals surface area contributed by atoms with Crippen molar-refractivity contribution in [1.82, 2.24) is 14.9 Å². The van der Waals surface area contributed by atoms with Crippen LogP contribution in [0.25, 0.3) is 22.2 Å². The lowest BCUT2D eigenvalue weighted by Crippen LogP contribution is -2.21. The monoisotopic (exact) mass is 431 g/mol. The lowest BCUT2D eigenvalue weighted by Gasteiger charge is -2.19. The number of aromatic carboxylic acids is 1. The lowest BCUT2D eigenvalue weighted by atomic mass is 9.89. The number of aromatic amines is 1. The summed E-state index contributed by atoms with van der Waals surface area (Å²) < 4.78 is 2.17. The second kappa shape index (κ2) is 8.53. The number of pyridine rings is 1. The number of aromatic nitrogens is 2. The van der Waals surface area contributed by atoms with Gasteiger partial charge >= 0.3 is 5.97 Å². The highest BCUT2D eigenvalue weighted by molar-refractivity contribution is 5.93. The summed E-state index contributed by atoms with van der Waals surface area (Å²) in [5.41, 5.74) is 3.91. The maximum absolute atomic E-state index is 12.4. The Morgan fingerprint density at radius 1 is 1.23 bits per heavy atom. The van der Waals surface area contributed by atoms with E-state index >= 15 is 0 Å². The summed E-state index contributed by atoms with van der Waals surface area (Å²) in [6.07, 6.45) is 3.12. The number of carboxylic acids is 1. The number of aryl methyl sites for hydroxylation is 2. The molecule has 4 rings (SSSR count). The van der Waals surface area contributed by atoms with E-state index in [9.17, 15) is 19.8 Å². The maximum atomic E-state index is 12.4. The van der Waals surface area contributed by atoms with Gasteiger partial charge in [0.05, 0.1) is 5.69 Å². The second-order valence-corrected chi connectivity index (χ2v) is 7.59. The van der Waals surface area contributed by atoms with Crippen molar-refractivity contribution in [2.24, 2.45) is 7.05 Å². The molecule has 8 heteroatoms. The van der Waals surface area contributed by atoms with Crippen LogP contribution in [-0.2, 0) is 26.4 Å². The van der Waals surface area contributed by atoms with Crippen LogP contribution in [0.1, 0.15) is 46.9 Å². The molecule has 0 spiro atoms. The number of carbonyl (C=O) groups is 1. The van der Waals surface area contributed by atoms with Crippen LogP contribution in [0.3, 0.4) is 0 Å². The molecule has 3 aromatic rings.